The molecule has 0 radical (unpaired) electrons. The van der Waals surface area contributed by atoms with Gasteiger partial charge in [-0.2, -0.15) is 0 Å². The molecule has 1 atom stereocenters. The van der Waals surface area contributed by atoms with E-state index in [0.29, 0.717) is 16.9 Å². The van der Waals surface area contributed by atoms with Crippen molar-refractivity contribution in [3.8, 4) is 5.75 Å². The zero-order chi connectivity index (χ0) is 23.8. The second-order valence-electron chi connectivity index (χ2n) is 7.35. The van der Waals surface area contributed by atoms with Gasteiger partial charge in [-0.3, -0.25) is 14.5 Å². The van der Waals surface area contributed by atoms with Crippen molar-refractivity contribution in [2.45, 2.75) is 10.9 Å². The van der Waals surface area contributed by atoms with Gasteiger partial charge in [-0.1, -0.05) is 42.5 Å². The van der Waals surface area contributed by atoms with Gasteiger partial charge in [0.05, 0.1) is 23.6 Å². The lowest BCUT2D eigenvalue weighted by molar-refractivity contribution is -0.132. The highest BCUT2D eigenvalue weighted by atomic mass is 32.2. The summed E-state index contributed by atoms with van der Waals surface area (Å²) in [5.74, 6) is -1.58. The van der Waals surface area contributed by atoms with Crippen molar-refractivity contribution in [1.29, 1.82) is 0 Å². The molecule has 3 N–H and O–H groups in total. The highest BCUT2D eigenvalue weighted by Gasteiger charge is 2.47. The Balaban J connectivity index is 1.91. The van der Waals surface area contributed by atoms with Crippen molar-refractivity contribution >= 4 is 33.2 Å². The molecule has 0 aromatic heterocycles. The number of Topliss-reactive ketones (excluding diaryl/α,β-unsaturated/α-hetero) is 1. The van der Waals surface area contributed by atoms with Crippen LogP contribution in [0.2, 0.25) is 0 Å². The number of hydrogen-bond acceptors (Lipinski definition) is 6. The van der Waals surface area contributed by atoms with Gasteiger partial charge in [0.1, 0.15) is 11.5 Å². The van der Waals surface area contributed by atoms with Crippen LogP contribution in [0.4, 0.5) is 5.69 Å². The highest BCUT2D eigenvalue weighted by Crippen LogP contribution is 2.42. The van der Waals surface area contributed by atoms with Crippen LogP contribution in [0, 0.1) is 0 Å². The number of aliphatic hydroxyl groups excluding tert-OH is 1. The number of rotatable bonds is 5. The van der Waals surface area contributed by atoms with E-state index in [-0.39, 0.29) is 21.9 Å². The minimum absolute atomic E-state index is 0.0880. The SMILES string of the molecule is COc1cccc(/C(O)=C2\C(=O)C(=O)N(c3ccc(S(N)(=O)=O)cc3)C2c2ccccc2)c1. The lowest BCUT2D eigenvalue weighted by atomic mass is 9.95. The average Bonchev–Trinajstić information content (AvgIpc) is 3.09. The molecule has 9 heteroatoms. The molecule has 1 aliphatic heterocycles. The summed E-state index contributed by atoms with van der Waals surface area (Å²) in [7, 11) is -2.45. The lowest BCUT2D eigenvalue weighted by Gasteiger charge is -2.25. The molecular formula is C24H20N2O6S. The number of hydrogen-bond donors (Lipinski definition) is 2. The third-order valence-corrected chi connectivity index (χ3v) is 6.28. The molecule has 1 saturated heterocycles. The number of nitrogens with zero attached hydrogens (tertiary/aromatic N) is 1. The van der Waals surface area contributed by atoms with E-state index >= 15 is 0 Å². The van der Waals surface area contributed by atoms with E-state index < -0.39 is 27.8 Å². The first-order chi connectivity index (χ1) is 15.7. The molecule has 0 bridgehead atoms. The van der Waals surface area contributed by atoms with Gasteiger partial charge in [-0.25, -0.2) is 13.6 Å². The molecule has 1 aliphatic rings. The monoisotopic (exact) mass is 464 g/mol. The summed E-state index contributed by atoms with van der Waals surface area (Å²) in [6.45, 7) is 0. The summed E-state index contributed by atoms with van der Waals surface area (Å²) < 4.78 is 28.4. The third-order valence-electron chi connectivity index (χ3n) is 5.35. The normalized spacial score (nSPS) is 17.9. The maximum Gasteiger partial charge on any atom is 0.300 e. The molecular weight excluding hydrogens is 444 g/mol. The van der Waals surface area contributed by atoms with E-state index in [4.69, 9.17) is 9.88 Å². The second kappa shape index (κ2) is 8.53. The van der Waals surface area contributed by atoms with E-state index in [1.54, 1.807) is 54.6 Å². The molecule has 3 aromatic carbocycles. The Bertz CT molecular complexity index is 1370. The van der Waals surface area contributed by atoms with E-state index in [1.165, 1.54) is 36.3 Å². The Kier molecular flexibility index (Phi) is 5.75. The van der Waals surface area contributed by atoms with E-state index in [9.17, 15) is 23.1 Å². The predicted octanol–water partition coefficient (Wildman–Crippen LogP) is 2.97. The fourth-order valence-corrected chi connectivity index (χ4v) is 4.29. The zero-order valence-electron chi connectivity index (χ0n) is 17.5. The lowest BCUT2D eigenvalue weighted by Crippen LogP contribution is -2.29. The largest absolute Gasteiger partial charge is 0.507 e. The van der Waals surface area contributed by atoms with Gasteiger partial charge in [-0.05, 0) is 42.0 Å². The number of amides is 1. The molecule has 8 nitrogen and oxygen atoms in total. The Morgan fingerprint density at radius 3 is 2.24 bits per heavy atom. The highest BCUT2D eigenvalue weighted by molar-refractivity contribution is 7.89. The van der Waals surface area contributed by atoms with Crippen LogP contribution in [0.25, 0.3) is 5.76 Å². The molecule has 1 amide bonds. The van der Waals surface area contributed by atoms with Gasteiger partial charge in [0.25, 0.3) is 11.7 Å². The number of carbonyl (C=O) groups excluding carboxylic acids is 2. The number of methoxy groups -OCH3 is 1. The first kappa shape index (κ1) is 22.3. The molecule has 0 saturated carbocycles. The van der Waals surface area contributed by atoms with Gasteiger partial charge in [0.2, 0.25) is 10.0 Å². The Morgan fingerprint density at radius 2 is 1.64 bits per heavy atom. The quantitative estimate of drug-likeness (QED) is 0.340. The van der Waals surface area contributed by atoms with E-state index in [1.807, 2.05) is 0 Å². The summed E-state index contributed by atoms with van der Waals surface area (Å²) in [6, 6.07) is 19.7. The van der Waals surface area contributed by atoms with Crippen LogP contribution in [0.3, 0.4) is 0 Å². The van der Waals surface area contributed by atoms with Crippen molar-refractivity contribution in [2.24, 2.45) is 5.14 Å². The van der Waals surface area contributed by atoms with Gasteiger partial charge < -0.3 is 9.84 Å². The minimum Gasteiger partial charge on any atom is -0.507 e. The van der Waals surface area contributed by atoms with Crippen molar-refractivity contribution in [1.82, 2.24) is 0 Å². The summed E-state index contributed by atoms with van der Waals surface area (Å²) in [4.78, 5) is 27.3. The topological polar surface area (TPSA) is 127 Å². The van der Waals surface area contributed by atoms with Crippen molar-refractivity contribution in [2.75, 3.05) is 12.0 Å². The Labute approximate surface area is 190 Å². The molecule has 4 rings (SSSR count). The average molecular weight is 464 g/mol. The van der Waals surface area contributed by atoms with Crippen molar-refractivity contribution in [3.63, 3.8) is 0 Å². The summed E-state index contributed by atoms with van der Waals surface area (Å²) >= 11 is 0. The number of anilines is 1. The van der Waals surface area contributed by atoms with Crippen LogP contribution in [-0.4, -0.2) is 32.3 Å². The van der Waals surface area contributed by atoms with E-state index in [2.05, 4.69) is 0 Å². The number of benzene rings is 3. The minimum atomic E-state index is -3.93. The van der Waals surface area contributed by atoms with Crippen LogP contribution < -0.4 is 14.8 Å². The first-order valence-electron chi connectivity index (χ1n) is 9.85. The Morgan fingerprint density at radius 1 is 0.970 bits per heavy atom. The van der Waals surface area contributed by atoms with Crippen LogP contribution in [0.5, 0.6) is 5.75 Å². The number of primary sulfonamides is 1. The smallest absolute Gasteiger partial charge is 0.300 e. The van der Waals surface area contributed by atoms with Crippen LogP contribution in [0.15, 0.2) is 89.3 Å². The third kappa shape index (κ3) is 4.11. The maximum absolute atomic E-state index is 13.1. The first-order valence-corrected chi connectivity index (χ1v) is 11.4. The van der Waals surface area contributed by atoms with Crippen LogP contribution in [0.1, 0.15) is 17.2 Å². The van der Waals surface area contributed by atoms with Gasteiger partial charge >= 0.3 is 0 Å². The number of carbonyl (C=O) groups is 2. The van der Waals surface area contributed by atoms with Gasteiger partial charge in [0, 0.05) is 11.3 Å². The van der Waals surface area contributed by atoms with Gasteiger partial charge in [0.15, 0.2) is 0 Å². The standard InChI is InChI=1S/C24H20N2O6S/c1-32-18-9-5-8-16(14-18)22(27)20-21(15-6-3-2-4-7-15)26(24(29)23(20)28)17-10-12-19(13-11-17)33(25,30)31/h2-14,21,27H,1H3,(H2,25,30,31)/b22-20+. The Hall–Kier alpha value is -3.95. The zero-order valence-corrected chi connectivity index (χ0v) is 18.3. The summed E-state index contributed by atoms with van der Waals surface area (Å²) in [6.07, 6.45) is 0. The summed E-state index contributed by atoms with van der Waals surface area (Å²) in [5.41, 5.74) is 1.10. The molecule has 3 aromatic rings. The molecule has 1 unspecified atom stereocenters. The summed E-state index contributed by atoms with van der Waals surface area (Å²) in [5, 5.41) is 16.3. The van der Waals surface area contributed by atoms with Crippen LogP contribution >= 0.6 is 0 Å². The van der Waals surface area contributed by atoms with Crippen molar-refractivity contribution < 1.29 is 27.9 Å². The molecule has 1 fully saturated rings. The molecule has 0 spiro atoms. The van der Waals surface area contributed by atoms with Crippen LogP contribution in [-0.2, 0) is 19.6 Å². The number of aliphatic hydroxyl groups is 1. The molecule has 1 heterocycles. The molecule has 168 valence electrons. The van der Waals surface area contributed by atoms with Gasteiger partial charge in [-0.15, -0.1) is 0 Å². The molecule has 33 heavy (non-hydrogen) atoms. The van der Waals surface area contributed by atoms with E-state index in [0.717, 1.165) is 0 Å². The number of ketones is 1. The second-order valence-corrected chi connectivity index (χ2v) is 8.91. The molecule has 0 aliphatic carbocycles. The predicted molar refractivity (Wildman–Crippen MR) is 122 cm³/mol. The number of nitrogens with two attached hydrogens (primary N) is 1. The number of ether oxygens (including phenoxy) is 1. The fourth-order valence-electron chi connectivity index (χ4n) is 3.77. The maximum atomic E-state index is 13.1. The number of sulfonamides is 1. The van der Waals surface area contributed by atoms with Crippen molar-refractivity contribution in [3.05, 3.63) is 95.6 Å². The fraction of sp³-hybridized carbons (Fsp3) is 0.0833.